The van der Waals surface area contributed by atoms with Gasteiger partial charge in [0.05, 0.1) is 5.52 Å². The van der Waals surface area contributed by atoms with Crippen LogP contribution in [0.3, 0.4) is 0 Å². The fourth-order valence-electron chi connectivity index (χ4n) is 4.37. The van der Waals surface area contributed by atoms with Crippen molar-refractivity contribution in [2.24, 2.45) is 0 Å². The van der Waals surface area contributed by atoms with Gasteiger partial charge in [0, 0.05) is 30.7 Å². The summed E-state index contributed by atoms with van der Waals surface area (Å²) in [7, 11) is 2.19. The Hall–Kier alpha value is -1.95. The van der Waals surface area contributed by atoms with Crippen molar-refractivity contribution < 1.29 is 4.79 Å². The molecule has 0 N–H and O–H groups in total. The molecule has 2 aliphatic rings. The highest BCUT2D eigenvalue weighted by atomic mass is 16.2. The molecule has 0 saturated carbocycles. The Morgan fingerprint density at radius 3 is 2.75 bits per heavy atom. The lowest BCUT2D eigenvalue weighted by Gasteiger charge is -2.33. The first-order valence-corrected chi connectivity index (χ1v) is 9.03. The Morgan fingerprint density at radius 2 is 2.00 bits per heavy atom. The lowest BCUT2D eigenvalue weighted by Crippen LogP contribution is -2.47. The van der Waals surface area contributed by atoms with E-state index >= 15 is 0 Å². The number of carbonyl (C=O) groups is 1. The normalized spacial score (nSPS) is 25.0. The van der Waals surface area contributed by atoms with Crippen LogP contribution in [0.1, 0.15) is 43.0 Å². The summed E-state index contributed by atoms with van der Waals surface area (Å²) < 4.78 is 1.86. The van der Waals surface area contributed by atoms with Crippen LogP contribution in [0.5, 0.6) is 0 Å². The number of likely N-dealkylation sites (tertiary alicyclic amines) is 2. The molecule has 1 aromatic carbocycles. The minimum absolute atomic E-state index is 0.144. The first-order chi connectivity index (χ1) is 11.7. The fraction of sp³-hybridized carbons (Fsp3) is 0.611. The number of hydrogen-bond donors (Lipinski definition) is 0. The maximum Gasteiger partial charge on any atom is 0.254 e. The Kier molecular flexibility index (Phi) is 4.00. The summed E-state index contributed by atoms with van der Waals surface area (Å²) in [6.07, 6.45) is 4.67. The van der Waals surface area contributed by atoms with Crippen molar-refractivity contribution in [2.45, 2.75) is 51.2 Å². The highest BCUT2D eigenvalue weighted by Crippen LogP contribution is 2.30. The van der Waals surface area contributed by atoms with E-state index in [9.17, 15) is 4.79 Å². The van der Waals surface area contributed by atoms with Gasteiger partial charge in [-0.3, -0.25) is 4.79 Å². The van der Waals surface area contributed by atoms with Crippen LogP contribution in [-0.4, -0.2) is 62.9 Å². The monoisotopic (exact) mass is 327 g/mol. The molecule has 2 fully saturated rings. The molecule has 2 aromatic rings. The van der Waals surface area contributed by atoms with Gasteiger partial charge >= 0.3 is 0 Å². The predicted molar refractivity (Wildman–Crippen MR) is 92.9 cm³/mol. The number of fused-ring (bicyclic) bond motifs is 1. The Balaban J connectivity index is 1.60. The van der Waals surface area contributed by atoms with E-state index in [1.165, 1.54) is 12.8 Å². The molecule has 4 rings (SSSR count). The number of benzene rings is 1. The van der Waals surface area contributed by atoms with Gasteiger partial charge in [0.25, 0.3) is 5.91 Å². The predicted octanol–water partition coefficient (Wildman–Crippen LogP) is 2.15. The van der Waals surface area contributed by atoms with E-state index in [0.717, 1.165) is 49.1 Å². The van der Waals surface area contributed by atoms with Gasteiger partial charge in [-0.05, 0) is 64.4 Å². The van der Waals surface area contributed by atoms with Gasteiger partial charge in [-0.15, -0.1) is 5.10 Å². The third kappa shape index (κ3) is 2.49. The Morgan fingerprint density at radius 1 is 1.21 bits per heavy atom. The molecule has 1 aromatic heterocycles. The van der Waals surface area contributed by atoms with E-state index in [4.69, 9.17) is 0 Å². The lowest BCUT2D eigenvalue weighted by molar-refractivity contribution is 0.0664. The molecule has 6 heteroatoms. The van der Waals surface area contributed by atoms with Crippen LogP contribution < -0.4 is 0 Å². The van der Waals surface area contributed by atoms with Gasteiger partial charge in [0.1, 0.15) is 5.52 Å². The molecule has 2 atom stereocenters. The van der Waals surface area contributed by atoms with Crippen molar-refractivity contribution in [3.63, 3.8) is 0 Å². The molecular formula is C18H25N5O. The summed E-state index contributed by atoms with van der Waals surface area (Å²) in [6.45, 7) is 4.84. The van der Waals surface area contributed by atoms with Gasteiger partial charge in [-0.2, -0.15) is 0 Å². The molecule has 2 saturated heterocycles. The molecule has 0 aliphatic carbocycles. The van der Waals surface area contributed by atoms with Crippen LogP contribution in [0.4, 0.5) is 0 Å². The van der Waals surface area contributed by atoms with Crippen molar-refractivity contribution in [1.29, 1.82) is 0 Å². The summed E-state index contributed by atoms with van der Waals surface area (Å²) in [4.78, 5) is 17.6. The van der Waals surface area contributed by atoms with E-state index < -0.39 is 0 Å². The average Bonchev–Trinajstić information content (AvgIpc) is 3.31. The highest BCUT2D eigenvalue weighted by Gasteiger charge is 2.38. The molecule has 0 radical (unpaired) electrons. The van der Waals surface area contributed by atoms with Crippen molar-refractivity contribution in [3.05, 3.63) is 23.8 Å². The number of rotatable bonds is 3. The second-order valence-electron chi connectivity index (χ2n) is 7.01. The first-order valence-electron chi connectivity index (χ1n) is 9.03. The van der Waals surface area contributed by atoms with Crippen LogP contribution in [0.25, 0.3) is 11.0 Å². The second-order valence-corrected chi connectivity index (χ2v) is 7.01. The maximum atomic E-state index is 13.1. The topological polar surface area (TPSA) is 54.3 Å². The second kappa shape index (κ2) is 6.16. The van der Waals surface area contributed by atoms with Crippen molar-refractivity contribution in [2.75, 3.05) is 20.1 Å². The van der Waals surface area contributed by atoms with Crippen molar-refractivity contribution in [3.8, 4) is 0 Å². The summed E-state index contributed by atoms with van der Waals surface area (Å²) in [5.41, 5.74) is 2.53. The number of likely N-dealkylation sites (N-methyl/N-ethyl adjacent to an activating group) is 1. The van der Waals surface area contributed by atoms with Gasteiger partial charge in [0.2, 0.25) is 0 Å². The average molecular weight is 327 g/mol. The summed E-state index contributed by atoms with van der Waals surface area (Å²) in [5.74, 6) is 0.144. The maximum absolute atomic E-state index is 13.1. The molecule has 128 valence electrons. The molecule has 0 spiro atoms. The van der Waals surface area contributed by atoms with Gasteiger partial charge in [-0.1, -0.05) is 5.21 Å². The third-order valence-electron chi connectivity index (χ3n) is 5.64. The molecule has 6 nitrogen and oxygen atoms in total. The molecule has 1 amide bonds. The Bertz CT molecular complexity index is 755. The van der Waals surface area contributed by atoms with Crippen LogP contribution in [0.15, 0.2) is 18.2 Å². The quantitative estimate of drug-likeness (QED) is 0.867. The first kappa shape index (κ1) is 15.6. The van der Waals surface area contributed by atoms with E-state index in [1.54, 1.807) is 0 Å². The van der Waals surface area contributed by atoms with Crippen LogP contribution in [0, 0.1) is 0 Å². The standard InChI is InChI=1S/C18H25N5O/c1-3-23-15-9-8-13(12-14(15)19-20-23)18(24)22-11-5-7-17(22)16-6-4-10-21(16)2/h8-9,12,16-17H,3-7,10-11H2,1-2H3/t16-,17-/m1/s1. The number of aryl methyl sites for hydroxylation is 1. The van der Waals surface area contributed by atoms with E-state index in [1.807, 2.05) is 29.8 Å². The molecule has 0 bridgehead atoms. The summed E-state index contributed by atoms with van der Waals surface area (Å²) in [6, 6.07) is 6.66. The highest BCUT2D eigenvalue weighted by molar-refractivity contribution is 5.97. The van der Waals surface area contributed by atoms with E-state index in [0.29, 0.717) is 12.1 Å². The number of aromatic nitrogens is 3. The zero-order chi connectivity index (χ0) is 16.7. The van der Waals surface area contributed by atoms with Gasteiger partial charge < -0.3 is 9.80 Å². The van der Waals surface area contributed by atoms with Gasteiger partial charge in [-0.25, -0.2) is 4.68 Å². The third-order valence-corrected chi connectivity index (χ3v) is 5.64. The summed E-state index contributed by atoms with van der Waals surface area (Å²) >= 11 is 0. The van der Waals surface area contributed by atoms with Crippen molar-refractivity contribution in [1.82, 2.24) is 24.8 Å². The number of nitrogens with zero attached hydrogens (tertiary/aromatic N) is 5. The van der Waals surface area contributed by atoms with Gasteiger partial charge in [0.15, 0.2) is 0 Å². The molecule has 0 unspecified atom stereocenters. The SMILES string of the molecule is CCn1nnc2cc(C(=O)N3CCC[C@@H]3[C@H]3CCCN3C)ccc21. The smallest absolute Gasteiger partial charge is 0.254 e. The lowest BCUT2D eigenvalue weighted by atomic mass is 10.0. The summed E-state index contributed by atoms with van der Waals surface area (Å²) in [5, 5.41) is 8.34. The number of carbonyl (C=O) groups excluding carboxylic acids is 1. The zero-order valence-electron chi connectivity index (χ0n) is 14.5. The zero-order valence-corrected chi connectivity index (χ0v) is 14.5. The molecule has 24 heavy (non-hydrogen) atoms. The van der Waals surface area contributed by atoms with Crippen LogP contribution in [-0.2, 0) is 6.54 Å². The van der Waals surface area contributed by atoms with Crippen LogP contribution in [0.2, 0.25) is 0 Å². The molecule has 3 heterocycles. The van der Waals surface area contributed by atoms with Crippen LogP contribution >= 0.6 is 0 Å². The number of hydrogen-bond acceptors (Lipinski definition) is 4. The van der Waals surface area contributed by atoms with Crippen molar-refractivity contribution >= 4 is 16.9 Å². The van der Waals surface area contributed by atoms with E-state index in [2.05, 4.69) is 27.2 Å². The molecule has 2 aliphatic heterocycles. The minimum atomic E-state index is 0.144. The number of amides is 1. The Labute approximate surface area is 142 Å². The largest absolute Gasteiger partial charge is 0.334 e. The minimum Gasteiger partial charge on any atom is -0.334 e. The fourth-order valence-corrected chi connectivity index (χ4v) is 4.37. The van der Waals surface area contributed by atoms with E-state index in [-0.39, 0.29) is 5.91 Å². The molecular weight excluding hydrogens is 302 g/mol.